The number of hydrogen-bond donors (Lipinski definition) is 1. The van der Waals surface area contributed by atoms with Gasteiger partial charge in [-0.1, -0.05) is 12.1 Å². The standard InChI is InChI=1S/C26H31FN4O3/c1-3-30(4-2)22-11-9-21(10-12-22)28-24-23(19-5-7-20(27)8-6-19)25(32)31(26(24)33)14-13-29-15-17-34-18-16-29/h5-12,28H,3-4,13-18H2,1-2H3. The van der Waals surface area contributed by atoms with Gasteiger partial charge in [-0.3, -0.25) is 19.4 Å². The Morgan fingerprint density at radius 2 is 1.56 bits per heavy atom. The Morgan fingerprint density at radius 1 is 0.912 bits per heavy atom. The SMILES string of the molecule is CCN(CC)c1ccc(NC2=C(c3ccc(F)cc3)C(=O)N(CCN3CCOCC3)C2=O)cc1. The van der Waals surface area contributed by atoms with E-state index in [1.165, 1.54) is 29.2 Å². The lowest BCUT2D eigenvalue weighted by molar-refractivity contribution is -0.137. The minimum atomic E-state index is -0.396. The molecule has 0 radical (unpaired) electrons. The average molecular weight is 467 g/mol. The lowest BCUT2D eigenvalue weighted by Crippen LogP contribution is -2.43. The Balaban J connectivity index is 1.59. The fourth-order valence-corrected chi connectivity index (χ4v) is 4.33. The fourth-order valence-electron chi connectivity index (χ4n) is 4.33. The van der Waals surface area contributed by atoms with Gasteiger partial charge in [0.1, 0.15) is 11.5 Å². The number of anilines is 2. The molecule has 0 aliphatic carbocycles. The molecule has 2 aliphatic rings. The van der Waals surface area contributed by atoms with E-state index in [1.807, 2.05) is 24.3 Å². The van der Waals surface area contributed by atoms with Crippen LogP contribution in [0.1, 0.15) is 19.4 Å². The Kier molecular flexibility index (Phi) is 7.59. The second-order valence-corrected chi connectivity index (χ2v) is 8.32. The minimum absolute atomic E-state index is 0.217. The van der Waals surface area contributed by atoms with Crippen LogP contribution in [-0.4, -0.2) is 74.1 Å². The number of carbonyl (C=O) groups is 2. The highest BCUT2D eigenvalue weighted by atomic mass is 19.1. The van der Waals surface area contributed by atoms with Crippen LogP contribution >= 0.6 is 0 Å². The average Bonchev–Trinajstić information content (AvgIpc) is 3.09. The number of imide groups is 1. The Bertz CT molecular complexity index is 1040. The molecule has 0 unspecified atom stereocenters. The number of amides is 2. The number of morpholine rings is 1. The predicted octanol–water partition coefficient (Wildman–Crippen LogP) is 3.20. The van der Waals surface area contributed by atoms with E-state index < -0.39 is 5.82 Å². The van der Waals surface area contributed by atoms with Crippen molar-refractivity contribution in [3.05, 3.63) is 65.6 Å². The smallest absolute Gasteiger partial charge is 0.278 e. The fraction of sp³-hybridized carbons (Fsp3) is 0.385. The number of carbonyl (C=O) groups excluding carboxylic acids is 2. The molecule has 2 amide bonds. The van der Waals surface area contributed by atoms with E-state index in [-0.39, 0.29) is 29.6 Å². The molecule has 0 bridgehead atoms. The summed E-state index contributed by atoms with van der Waals surface area (Å²) < 4.78 is 18.9. The summed E-state index contributed by atoms with van der Waals surface area (Å²) in [5.74, 6) is -1.13. The van der Waals surface area contributed by atoms with Crippen LogP contribution in [0.5, 0.6) is 0 Å². The maximum Gasteiger partial charge on any atom is 0.278 e. The van der Waals surface area contributed by atoms with Crippen molar-refractivity contribution in [1.29, 1.82) is 0 Å². The number of ether oxygens (including phenoxy) is 1. The number of halogens is 1. The third-order valence-electron chi connectivity index (χ3n) is 6.31. The van der Waals surface area contributed by atoms with Crippen molar-refractivity contribution in [1.82, 2.24) is 9.80 Å². The van der Waals surface area contributed by atoms with Gasteiger partial charge in [-0.05, 0) is 55.8 Å². The van der Waals surface area contributed by atoms with Crippen LogP contribution in [-0.2, 0) is 14.3 Å². The molecule has 2 aromatic carbocycles. The van der Waals surface area contributed by atoms with Gasteiger partial charge in [-0.15, -0.1) is 0 Å². The van der Waals surface area contributed by atoms with Crippen LogP contribution in [0.15, 0.2) is 54.2 Å². The van der Waals surface area contributed by atoms with E-state index in [0.717, 1.165) is 31.9 Å². The Hall–Kier alpha value is -3.23. The summed E-state index contributed by atoms with van der Waals surface area (Å²) >= 11 is 0. The third kappa shape index (κ3) is 5.13. The van der Waals surface area contributed by atoms with Crippen LogP contribution in [0.2, 0.25) is 0 Å². The molecular formula is C26H31FN4O3. The first-order chi connectivity index (χ1) is 16.5. The second kappa shape index (κ2) is 10.8. The summed E-state index contributed by atoms with van der Waals surface area (Å²) in [4.78, 5) is 32.4. The highest BCUT2D eigenvalue weighted by molar-refractivity contribution is 6.36. The Labute approximate surface area is 199 Å². The lowest BCUT2D eigenvalue weighted by Gasteiger charge is -2.28. The minimum Gasteiger partial charge on any atom is -0.379 e. The molecule has 34 heavy (non-hydrogen) atoms. The van der Waals surface area contributed by atoms with Gasteiger partial charge in [0.25, 0.3) is 11.8 Å². The van der Waals surface area contributed by atoms with Crippen molar-refractivity contribution in [2.45, 2.75) is 13.8 Å². The molecule has 8 heteroatoms. The molecule has 2 aromatic rings. The molecule has 0 spiro atoms. The van der Waals surface area contributed by atoms with Crippen LogP contribution in [0.3, 0.4) is 0 Å². The molecular weight excluding hydrogens is 435 g/mol. The third-order valence-corrected chi connectivity index (χ3v) is 6.31. The highest BCUT2D eigenvalue weighted by Gasteiger charge is 2.39. The van der Waals surface area contributed by atoms with Gasteiger partial charge in [0.2, 0.25) is 0 Å². The van der Waals surface area contributed by atoms with Gasteiger partial charge in [-0.2, -0.15) is 0 Å². The second-order valence-electron chi connectivity index (χ2n) is 8.32. The zero-order chi connectivity index (χ0) is 24.1. The molecule has 2 aliphatic heterocycles. The molecule has 180 valence electrons. The number of rotatable bonds is 9. The monoisotopic (exact) mass is 466 g/mol. The quantitative estimate of drug-likeness (QED) is 0.573. The largest absolute Gasteiger partial charge is 0.379 e. The van der Waals surface area contributed by atoms with Gasteiger partial charge in [0.15, 0.2) is 0 Å². The summed E-state index contributed by atoms with van der Waals surface area (Å²) in [6, 6.07) is 13.4. The molecule has 4 rings (SSSR count). The van der Waals surface area contributed by atoms with Gasteiger partial charge in [0.05, 0.1) is 18.8 Å². The number of nitrogens with zero attached hydrogens (tertiary/aromatic N) is 3. The maximum absolute atomic E-state index is 13.5. The van der Waals surface area contributed by atoms with Crippen LogP contribution in [0, 0.1) is 5.82 Å². The molecule has 7 nitrogen and oxygen atoms in total. The normalized spacial score (nSPS) is 17.0. The summed E-state index contributed by atoms with van der Waals surface area (Å²) in [6.07, 6.45) is 0. The highest BCUT2D eigenvalue weighted by Crippen LogP contribution is 2.31. The van der Waals surface area contributed by atoms with Crippen molar-refractivity contribution < 1.29 is 18.7 Å². The zero-order valence-corrected chi connectivity index (χ0v) is 19.7. The summed E-state index contributed by atoms with van der Waals surface area (Å²) in [5, 5.41) is 3.18. The van der Waals surface area contributed by atoms with Gasteiger partial charge in [0, 0.05) is 50.6 Å². The molecule has 0 atom stereocenters. The van der Waals surface area contributed by atoms with Crippen molar-refractivity contribution in [2.75, 3.05) is 62.7 Å². The van der Waals surface area contributed by atoms with Gasteiger partial charge < -0.3 is 15.0 Å². The molecule has 2 heterocycles. The predicted molar refractivity (Wildman–Crippen MR) is 131 cm³/mol. The van der Waals surface area contributed by atoms with E-state index in [2.05, 4.69) is 29.0 Å². The van der Waals surface area contributed by atoms with E-state index >= 15 is 0 Å². The molecule has 1 saturated heterocycles. The number of benzene rings is 2. The van der Waals surface area contributed by atoms with Gasteiger partial charge >= 0.3 is 0 Å². The van der Waals surface area contributed by atoms with Gasteiger partial charge in [-0.25, -0.2) is 4.39 Å². The Morgan fingerprint density at radius 3 is 2.18 bits per heavy atom. The topological polar surface area (TPSA) is 65.1 Å². The first-order valence-corrected chi connectivity index (χ1v) is 11.8. The van der Waals surface area contributed by atoms with E-state index in [9.17, 15) is 14.0 Å². The van der Waals surface area contributed by atoms with Crippen molar-refractivity contribution in [3.63, 3.8) is 0 Å². The van der Waals surface area contributed by atoms with Crippen molar-refractivity contribution >= 4 is 28.8 Å². The maximum atomic E-state index is 13.5. The van der Waals surface area contributed by atoms with E-state index in [4.69, 9.17) is 4.74 Å². The van der Waals surface area contributed by atoms with E-state index in [1.54, 1.807) is 0 Å². The first-order valence-electron chi connectivity index (χ1n) is 11.8. The molecule has 1 N–H and O–H groups in total. The van der Waals surface area contributed by atoms with Crippen LogP contribution in [0.4, 0.5) is 15.8 Å². The summed E-state index contributed by atoms with van der Waals surface area (Å²) in [6.45, 7) is 9.72. The first kappa shape index (κ1) is 23.9. The molecule has 1 fully saturated rings. The molecule has 0 aromatic heterocycles. The summed E-state index contributed by atoms with van der Waals surface area (Å²) in [5.41, 5.74) is 2.79. The van der Waals surface area contributed by atoms with Crippen LogP contribution in [0.25, 0.3) is 5.57 Å². The molecule has 0 saturated carbocycles. The number of hydrogen-bond acceptors (Lipinski definition) is 6. The zero-order valence-electron chi connectivity index (χ0n) is 19.7. The lowest BCUT2D eigenvalue weighted by atomic mass is 10.0. The van der Waals surface area contributed by atoms with Crippen molar-refractivity contribution in [3.8, 4) is 0 Å². The number of nitrogens with one attached hydrogen (secondary N) is 1. The van der Waals surface area contributed by atoms with E-state index in [0.29, 0.717) is 31.0 Å². The summed E-state index contributed by atoms with van der Waals surface area (Å²) in [7, 11) is 0. The van der Waals surface area contributed by atoms with Crippen molar-refractivity contribution in [2.24, 2.45) is 0 Å². The van der Waals surface area contributed by atoms with Crippen LogP contribution < -0.4 is 10.2 Å².